The second kappa shape index (κ2) is 9.61. The number of nitriles is 1. The molecule has 1 saturated heterocycles. The monoisotopic (exact) mass is 486 g/mol. The average Bonchev–Trinajstić information content (AvgIpc) is 3.27. The topological polar surface area (TPSA) is 171 Å². The van der Waals surface area contributed by atoms with Gasteiger partial charge in [0.15, 0.2) is 0 Å². The van der Waals surface area contributed by atoms with Gasteiger partial charge in [0.2, 0.25) is 11.1 Å². The Bertz CT molecular complexity index is 1160. The number of tetrazole rings is 1. The number of hydrogen-bond acceptors (Lipinski definition) is 10. The molecule has 2 amide bonds. The minimum Gasteiger partial charge on any atom is -0.477 e. The molecule has 0 saturated carbocycles. The number of fused-ring (bicyclic) bond motifs is 1. The van der Waals surface area contributed by atoms with Gasteiger partial charge in [-0.3, -0.25) is 19.4 Å². The summed E-state index contributed by atoms with van der Waals surface area (Å²) in [6.07, 6.45) is 0. The van der Waals surface area contributed by atoms with Crippen LogP contribution in [-0.2, 0) is 20.9 Å². The van der Waals surface area contributed by atoms with Crippen LogP contribution < -0.4 is 10.6 Å². The number of hydrogen-bond donors (Lipinski definition) is 2. The van der Waals surface area contributed by atoms with Crippen molar-refractivity contribution in [2.75, 3.05) is 23.0 Å². The van der Waals surface area contributed by atoms with Gasteiger partial charge >= 0.3 is 5.97 Å². The van der Waals surface area contributed by atoms with Gasteiger partial charge in [-0.15, -0.1) is 16.9 Å². The predicted molar refractivity (Wildman–Crippen MR) is 119 cm³/mol. The molecule has 1 unspecified atom stereocenters. The summed E-state index contributed by atoms with van der Waals surface area (Å²) in [5.74, 6) is -1.56. The molecule has 12 nitrogen and oxygen atoms in total. The van der Waals surface area contributed by atoms with Crippen LogP contribution in [0.5, 0.6) is 0 Å². The molecule has 3 heterocycles. The van der Waals surface area contributed by atoms with Crippen LogP contribution in [-0.4, -0.2) is 77.5 Å². The van der Waals surface area contributed by atoms with Crippen LogP contribution in [0.2, 0.25) is 0 Å². The summed E-state index contributed by atoms with van der Waals surface area (Å²) < 4.78 is 1.31. The molecule has 3 N–H and O–H groups in total. The molecular formula is C19H18N8O4S2. The molecule has 0 bridgehead atoms. The molecule has 14 heteroatoms. The number of β-lactam (4-membered cyclic amide) rings is 1. The number of benzene rings is 1. The lowest BCUT2D eigenvalue weighted by Crippen LogP contribution is -2.72. The molecule has 2 aliphatic heterocycles. The van der Waals surface area contributed by atoms with Crippen LogP contribution in [0.1, 0.15) is 0 Å². The number of nitrogens with zero attached hydrogens (tertiary/aromatic N) is 7. The number of anilines is 1. The summed E-state index contributed by atoms with van der Waals surface area (Å²) in [5.41, 5.74) is 6.55. The standard InChI is InChI=1S/C19H18N8O4S2/c20-6-7-25-19(22-23-24-25)33-10-11-9-32-17-15(16(29)27(17)14(11)18(30)31)26(13(28)8-21)12-4-2-1-3-5-12/h1-5,15,17H,7-10,21H2,(H,30,31)/t15?,17-/m0/s1. The molecule has 170 valence electrons. The Labute approximate surface area is 196 Å². The van der Waals surface area contributed by atoms with Gasteiger partial charge in [0, 0.05) is 17.2 Å². The smallest absolute Gasteiger partial charge is 0.352 e. The van der Waals surface area contributed by atoms with Gasteiger partial charge in [-0.1, -0.05) is 30.0 Å². The fourth-order valence-electron chi connectivity index (χ4n) is 3.64. The molecule has 1 fully saturated rings. The summed E-state index contributed by atoms with van der Waals surface area (Å²) in [6, 6.07) is 9.81. The molecule has 4 rings (SSSR count). The number of nitrogens with two attached hydrogens (primary N) is 1. The minimum absolute atomic E-state index is 0.0340. The molecule has 2 aliphatic rings. The highest BCUT2D eigenvalue weighted by atomic mass is 32.2. The van der Waals surface area contributed by atoms with E-state index in [0.717, 1.165) is 0 Å². The highest BCUT2D eigenvalue weighted by molar-refractivity contribution is 8.01. The maximum absolute atomic E-state index is 13.2. The number of carboxylic acids is 1. The third kappa shape index (κ3) is 4.17. The zero-order valence-corrected chi connectivity index (χ0v) is 18.7. The number of aromatic nitrogens is 4. The Morgan fingerprint density at radius 3 is 2.79 bits per heavy atom. The SMILES string of the molecule is N#CCn1nnnc1SCC1=C(C(=O)O)N2C(=O)C(N(C(=O)CN)c3ccccc3)[C@@H]2SC1. The van der Waals surface area contributed by atoms with Crippen LogP contribution in [0, 0.1) is 11.3 Å². The number of thioether (sulfide) groups is 2. The molecule has 0 radical (unpaired) electrons. The zero-order chi connectivity index (χ0) is 23.5. The van der Waals surface area contributed by atoms with E-state index >= 15 is 0 Å². The second-order valence-corrected chi connectivity index (χ2v) is 9.03. The highest BCUT2D eigenvalue weighted by Gasteiger charge is 2.57. The Hall–Kier alpha value is -3.41. The number of amides is 2. The first-order valence-electron chi connectivity index (χ1n) is 9.71. The molecule has 2 atom stereocenters. The first kappa shape index (κ1) is 22.8. The van der Waals surface area contributed by atoms with Gasteiger partial charge in [0.1, 0.15) is 23.7 Å². The van der Waals surface area contributed by atoms with E-state index in [-0.39, 0.29) is 24.5 Å². The van der Waals surface area contributed by atoms with E-state index in [1.165, 1.54) is 38.0 Å². The number of rotatable bonds is 8. The summed E-state index contributed by atoms with van der Waals surface area (Å²) in [5, 5.41) is 29.7. The van der Waals surface area contributed by atoms with Crippen molar-refractivity contribution < 1.29 is 19.5 Å². The van der Waals surface area contributed by atoms with Crippen molar-refractivity contribution in [2.45, 2.75) is 23.1 Å². The van der Waals surface area contributed by atoms with E-state index in [1.54, 1.807) is 30.3 Å². The third-order valence-corrected chi connectivity index (χ3v) is 7.44. The number of carboxylic acid groups (broad SMARTS) is 1. The minimum atomic E-state index is -1.23. The first-order valence-corrected chi connectivity index (χ1v) is 11.7. The zero-order valence-electron chi connectivity index (χ0n) is 17.1. The third-order valence-electron chi connectivity index (χ3n) is 5.07. The van der Waals surface area contributed by atoms with E-state index in [9.17, 15) is 19.5 Å². The van der Waals surface area contributed by atoms with Crippen molar-refractivity contribution in [3.05, 3.63) is 41.6 Å². The van der Waals surface area contributed by atoms with Gasteiger partial charge in [-0.2, -0.15) is 5.26 Å². The maximum atomic E-state index is 13.2. The van der Waals surface area contributed by atoms with E-state index in [1.807, 2.05) is 6.07 Å². The molecule has 2 aromatic rings. The molecule has 1 aromatic heterocycles. The molecular weight excluding hydrogens is 468 g/mol. The van der Waals surface area contributed by atoms with Gasteiger partial charge < -0.3 is 10.8 Å². The summed E-state index contributed by atoms with van der Waals surface area (Å²) in [4.78, 5) is 40.5. The number of para-hydroxylation sites is 1. The van der Waals surface area contributed by atoms with E-state index in [4.69, 9.17) is 11.0 Å². The van der Waals surface area contributed by atoms with Crippen molar-refractivity contribution in [3.8, 4) is 6.07 Å². The van der Waals surface area contributed by atoms with Crippen LogP contribution in [0.4, 0.5) is 5.69 Å². The maximum Gasteiger partial charge on any atom is 0.352 e. The highest BCUT2D eigenvalue weighted by Crippen LogP contribution is 2.44. The normalized spacial score (nSPS) is 19.5. The number of carbonyl (C=O) groups is 3. The summed E-state index contributed by atoms with van der Waals surface area (Å²) in [7, 11) is 0. The Balaban J connectivity index is 1.59. The Kier molecular flexibility index (Phi) is 6.63. The molecule has 33 heavy (non-hydrogen) atoms. The number of carbonyl (C=O) groups excluding carboxylic acids is 2. The molecule has 0 aliphatic carbocycles. The largest absolute Gasteiger partial charge is 0.477 e. The van der Waals surface area contributed by atoms with Gasteiger partial charge in [0.05, 0.1) is 12.6 Å². The van der Waals surface area contributed by atoms with Crippen LogP contribution >= 0.6 is 23.5 Å². The second-order valence-electron chi connectivity index (χ2n) is 6.98. The van der Waals surface area contributed by atoms with Crippen molar-refractivity contribution in [1.29, 1.82) is 5.26 Å². The van der Waals surface area contributed by atoms with Gasteiger partial charge in [-0.05, 0) is 28.1 Å². The molecule has 1 aromatic carbocycles. The van der Waals surface area contributed by atoms with E-state index in [0.29, 0.717) is 22.2 Å². The van der Waals surface area contributed by atoms with Crippen molar-refractivity contribution in [1.82, 2.24) is 25.1 Å². The van der Waals surface area contributed by atoms with Crippen molar-refractivity contribution in [2.24, 2.45) is 5.73 Å². The fourth-order valence-corrected chi connectivity index (χ4v) is 6.05. The Morgan fingerprint density at radius 1 is 1.36 bits per heavy atom. The average molecular weight is 487 g/mol. The fraction of sp³-hybridized carbons (Fsp3) is 0.316. The van der Waals surface area contributed by atoms with E-state index in [2.05, 4.69) is 15.5 Å². The lowest BCUT2D eigenvalue weighted by Gasteiger charge is -2.52. The Morgan fingerprint density at radius 2 is 2.12 bits per heavy atom. The van der Waals surface area contributed by atoms with Crippen molar-refractivity contribution in [3.63, 3.8) is 0 Å². The summed E-state index contributed by atoms with van der Waals surface area (Å²) in [6.45, 7) is -0.315. The number of aliphatic carboxylic acids is 1. The lowest BCUT2D eigenvalue weighted by atomic mass is 10.0. The quantitative estimate of drug-likeness (QED) is 0.377. The van der Waals surface area contributed by atoms with Crippen molar-refractivity contribution >= 4 is 47.0 Å². The van der Waals surface area contributed by atoms with Crippen LogP contribution in [0.25, 0.3) is 0 Å². The summed E-state index contributed by atoms with van der Waals surface area (Å²) >= 11 is 2.57. The van der Waals surface area contributed by atoms with Gasteiger partial charge in [0.25, 0.3) is 5.91 Å². The van der Waals surface area contributed by atoms with Crippen LogP contribution in [0.3, 0.4) is 0 Å². The van der Waals surface area contributed by atoms with E-state index < -0.39 is 29.2 Å². The predicted octanol–water partition coefficient (Wildman–Crippen LogP) is -0.0969. The molecule has 0 spiro atoms. The first-order chi connectivity index (χ1) is 16.0. The van der Waals surface area contributed by atoms with Gasteiger partial charge in [-0.25, -0.2) is 9.48 Å². The van der Waals surface area contributed by atoms with Crippen LogP contribution in [0.15, 0.2) is 46.8 Å². The lowest BCUT2D eigenvalue weighted by molar-refractivity contribution is -0.149.